The van der Waals surface area contributed by atoms with E-state index in [0.717, 1.165) is 25.5 Å². The lowest BCUT2D eigenvalue weighted by atomic mass is 10.1. The average Bonchev–Trinajstić information content (AvgIpc) is 2.97. The standard InChI is InChI=1S/C13H18N6/c1-10-12-3-2-6-17(12)7-8-18(10)9-13-14-15-16-19(13)11-4-5-11/h2-3,6,10-11H,4-5,7-9H2,1H3/t10-/m1/s1. The molecule has 2 aromatic heterocycles. The number of hydrogen-bond acceptors (Lipinski definition) is 4. The predicted octanol–water partition coefficient (Wildman–Crippen LogP) is 1.39. The van der Waals surface area contributed by atoms with Gasteiger partial charge in [0.05, 0.1) is 12.6 Å². The Kier molecular flexibility index (Phi) is 2.44. The van der Waals surface area contributed by atoms with Crippen LogP contribution < -0.4 is 0 Å². The molecule has 0 unspecified atom stereocenters. The molecule has 1 saturated carbocycles. The number of aromatic nitrogens is 5. The number of rotatable bonds is 3. The molecule has 0 spiro atoms. The third kappa shape index (κ3) is 1.87. The Labute approximate surface area is 112 Å². The highest BCUT2D eigenvalue weighted by Crippen LogP contribution is 2.35. The Balaban J connectivity index is 1.56. The molecule has 1 atom stereocenters. The fraction of sp³-hybridized carbons (Fsp3) is 0.615. The van der Waals surface area contributed by atoms with E-state index in [1.165, 1.54) is 18.5 Å². The second kappa shape index (κ2) is 4.16. The summed E-state index contributed by atoms with van der Waals surface area (Å²) in [5, 5.41) is 12.2. The topological polar surface area (TPSA) is 51.8 Å². The van der Waals surface area contributed by atoms with E-state index in [4.69, 9.17) is 0 Å². The van der Waals surface area contributed by atoms with Crippen LogP contribution >= 0.6 is 0 Å². The average molecular weight is 258 g/mol. The largest absolute Gasteiger partial charge is 0.349 e. The van der Waals surface area contributed by atoms with E-state index in [2.05, 4.69) is 50.2 Å². The van der Waals surface area contributed by atoms with Crippen molar-refractivity contribution < 1.29 is 0 Å². The molecule has 0 amide bonds. The fourth-order valence-corrected chi connectivity index (χ4v) is 2.94. The quantitative estimate of drug-likeness (QED) is 0.834. The summed E-state index contributed by atoms with van der Waals surface area (Å²) in [7, 11) is 0. The highest BCUT2D eigenvalue weighted by atomic mass is 15.6. The molecule has 4 rings (SSSR count). The third-order valence-electron chi connectivity index (χ3n) is 4.27. The number of tetrazole rings is 1. The van der Waals surface area contributed by atoms with Crippen LogP contribution in [0.25, 0.3) is 0 Å². The van der Waals surface area contributed by atoms with Crippen LogP contribution in [0.1, 0.15) is 43.4 Å². The van der Waals surface area contributed by atoms with Crippen molar-refractivity contribution in [2.24, 2.45) is 0 Å². The Morgan fingerprint density at radius 3 is 3.05 bits per heavy atom. The normalized spacial score (nSPS) is 23.5. The predicted molar refractivity (Wildman–Crippen MR) is 69.3 cm³/mol. The highest BCUT2D eigenvalue weighted by molar-refractivity contribution is 5.13. The van der Waals surface area contributed by atoms with Crippen LogP contribution in [-0.4, -0.2) is 36.2 Å². The number of hydrogen-bond donors (Lipinski definition) is 0. The van der Waals surface area contributed by atoms with Gasteiger partial charge in [0, 0.05) is 31.0 Å². The van der Waals surface area contributed by atoms with Crippen molar-refractivity contribution in [2.75, 3.05) is 6.54 Å². The molecule has 6 heteroatoms. The van der Waals surface area contributed by atoms with Crippen molar-refractivity contribution >= 4 is 0 Å². The van der Waals surface area contributed by atoms with Gasteiger partial charge in [-0.15, -0.1) is 5.10 Å². The Bertz CT molecular complexity index is 581. The van der Waals surface area contributed by atoms with Gasteiger partial charge in [-0.1, -0.05) is 0 Å². The van der Waals surface area contributed by atoms with Crippen LogP contribution in [0.3, 0.4) is 0 Å². The molecule has 19 heavy (non-hydrogen) atoms. The molecule has 0 N–H and O–H groups in total. The van der Waals surface area contributed by atoms with Crippen LogP contribution in [0.15, 0.2) is 18.3 Å². The van der Waals surface area contributed by atoms with Crippen LogP contribution in [0.5, 0.6) is 0 Å². The van der Waals surface area contributed by atoms with Crippen molar-refractivity contribution in [1.82, 2.24) is 29.7 Å². The lowest BCUT2D eigenvalue weighted by Gasteiger charge is -2.34. The summed E-state index contributed by atoms with van der Waals surface area (Å²) in [4.78, 5) is 2.46. The van der Waals surface area contributed by atoms with Gasteiger partial charge in [0.2, 0.25) is 0 Å². The van der Waals surface area contributed by atoms with Crippen molar-refractivity contribution in [3.05, 3.63) is 29.8 Å². The third-order valence-corrected chi connectivity index (χ3v) is 4.27. The Hall–Kier alpha value is -1.69. The maximum Gasteiger partial charge on any atom is 0.165 e. The van der Waals surface area contributed by atoms with E-state index in [9.17, 15) is 0 Å². The first kappa shape index (κ1) is 11.2. The second-order valence-corrected chi connectivity index (χ2v) is 5.54. The molecule has 0 saturated heterocycles. The van der Waals surface area contributed by atoms with Gasteiger partial charge < -0.3 is 4.57 Å². The second-order valence-electron chi connectivity index (χ2n) is 5.54. The van der Waals surface area contributed by atoms with Gasteiger partial charge in [-0.25, -0.2) is 4.68 Å². The lowest BCUT2D eigenvalue weighted by molar-refractivity contribution is 0.154. The first-order chi connectivity index (χ1) is 9.33. The molecule has 2 aromatic rings. The maximum absolute atomic E-state index is 4.20. The molecule has 100 valence electrons. The summed E-state index contributed by atoms with van der Waals surface area (Å²) in [6.07, 6.45) is 4.60. The van der Waals surface area contributed by atoms with Gasteiger partial charge in [0.1, 0.15) is 0 Å². The van der Waals surface area contributed by atoms with Crippen molar-refractivity contribution in [2.45, 2.75) is 44.9 Å². The van der Waals surface area contributed by atoms with Crippen molar-refractivity contribution in [3.8, 4) is 0 Å². The van der Waals surface area contributed by atoms with Gasteiger partial charge in [-0.05, 0) is 42.3 Å². The first-order valence-electron chi connectivity index (χ1n) is 6.99. The molecule has 1 fully saturated rings. The molecule has 1 aliphatic heterocycles. The van der Waals surface area contributed by atoms with E-state index in [0.29, 0.717) is 12.1 Å². The number of fused-ring (bicyclic) bond motifs is 1. The number of nitrogens with zero attached hydrogens (tertiary/aromatic N) is 6. The van der Waals surface area contributed by atoms with Crippen LogP contribution in [0.2, 0.25) is 0 Å². The molecule has 0 aromatic carbocycles. The van der Waals surface area contributed by atoms with Gasteiger partial charge in [-0.2, -0.15) is 0 Å². The fourth-order valence-electron chi connectivity index (χ4n) is 2.94. The molecule has 0 radical (unpaired) electrons. The molecule has 6 nitrogen and oxygen atoms in total. The zero-order valence-electron chi connectivity index (χ0n) is 11.1. The molecule has 1 aliphatic carbocycles. The summed E-state index contributed by atoms with van der Waals surface area (Å²) in [6.45, 7) is 5.21. The minimum atomic E-state index is 0.424. The van der Waals surface area contributed by atoms with E-state index in [-0.39, 0.29) is 0 Å². The summed E-state index contributed by atoms with van der Waals surface area (Å²) in [5.41, 5.74) is 1.39. The van der Waals surface area contributed by atoms with Crippen molar-refractivity contribution in [1.29, 1.82) is 0 Å². The molecular formula is C13H18N6. The summed E-state index contributed by atoms with van der Waals surface area (Å²) in [6, 6.07) is 5.31. The smallest absolute Gasteiger partial charge is 0.165 e. The summed E-state index contributed by atoms with van der Waals surface area (Å²) >= 11 is 0. The molecule has 2 aliphatic rings. The van der Waals surface area contributed by atoms with Gasteiger partial charge in [-0.3, -0.25) is 4.90 Å². The zero-order chi connectivity index (χ0) is 12.8. The Morgan fingerprint density at radius 1 is 1.32 bits per heavy atom. The van der Waals surface area contributed by atoms with E-state index in [1.54, 1.807) is 0 Å². The van der Waals surface area contributed by atoms with Gasteiger partial charge in [0.25, 0.3) is 0 Å². The summed E-state index contributed by atoms with van der Waals surface area (Å²) < 4.78 is 4.35. The van der Waals surface area contributed by atoms with E-state index < -0.39 is 0 Å². The van der Waals surface area contributed by atoms with Gasteiger partial charge in [0.15, 0.2) is 5.82 Å². The monoisotopic (exact) mass is 258 g/mol. The molecule has 0 bridgehead atoms. The minimum absolute atomic E-state index is 0.424. The van der Waals surface area contributed by atoms with Crippen LogP contribution in [0, 0.1) is 0 Å². The van der Waals surface area contributed by atoms with Gasteiger partial charge >= 0.3 is 0 Å². The van der Waals surface area contributed by atoms with Crippen LogP contribution in [-0.2, 0) is 13.1 Å². The lowest BCUT2D eigenvalue weighted by Crippen LogP contribution is -2.36. The van der Waals surface area contributed by atoms with Crippen LogP contribution in [0.4, 0.5) is 0 Å². The maximum atomic E-state index is 4.20. The molecule has 3 heterocycles. The Morgan fingerprint density at radius 2 is 2.21 bits per heavy atom. The van der Waals surface area contributed by atoms with Crippen molar-refractivity contribution in [3.63, 3.8) is 0 Å². The molecular weight excluding hydrogens is 240 g/mol. The first-order valence-corrected chi connectivity index (χ1v) is 6.99. The SMILES string of the molecule is C[C@@H]1c2cccn2CCN1Cc1nnnn1C1CC1. The van der Waals surface area contributed by atoms with E-state index >= 15 is 0 Å². The highest BCUT2D eigenvalue weighted by Gasteiger charge is 2.30. The van der Waals surface area contributed by atoms with E-state index in [1.807, 2.05) is 4.68 Å². The zero-order valence-corrected chi connectivity index (χ0v) is 11.1. The minimum Gasteiger partial charge on any atom is -0.349 e. The summed E-state index contributed by atoms with van der Waals surface area (Å²) in [5.74, 6) is 1.01.